The third-order valence-corrected chi connectivity index (χ3v) is 2.77. The van der Waals surface area contributed by atoms with Crippen molar-refractivity contribution in [3.8, 4) is 0 Å². The molecule has 0 radical (unpaired) electrons. The predicted octanol–water partition coefficient (Wildman–Crippen LogP) is 1.07. The predicted molar refractivity (Wildman–Crippen MR) is 51.8 cm³/mol. The van der Waals surface area contributed by atoms with Crippen LogP contribution in [-0.4, -0.2) is 44.4 Å². The van der Waals surface area contributed by atoms with Crippen LogP contribution < -0.4 is 0 Å². The van der Waals surface area contributed by atoms with Gasteiger partial charge in [0.2, 0.25) is 0 Å². The van der Waals surface area contributed by atoms with Gasteiger partial charge in [0.05, 0.1) is 12.2 Å². The van der Waals surface area contributed by atoms with Crippen LogP contribution in [0.3, 0.4) is 0 Å². The molecule has 4 heteroatoms. The van der Waals surface area contributed by atoms with Crippen LogP contribution in [0.15, 0.2) is 0 Å². The van der Waals surface area contributed by atoms with Gasteiger partial charge in [0.1, 0.15) is 23.0 Å². The van der Waals surface area contributed by atoms with Gasteiger partial charge in [0.25, 0.3) is 0 Å². The standard InChI is InChI=1S/C7H14INO2/c1-9-4-3-6(11-8)7(5-9)10-2/h6-7H,3-5H2,1-2H3. The molecular formula is C7H14INO2. The first-order valence-electron chi connectivity index (χ1n) is 3.76. The Balaban J connectivity index is 2.41. The Morgan fingerprint density at radius 3 is 2.73 bits per heavy atom. The molecule has 0 aromatic carbocycles. The van der Waals surface area contributed by atoms with E-state index in [-0.39, 0.29) is 12.2 Å². The van der Waals surface area contributed by atoms with Crippen molar-refractivity contribution in [3.63, 3.8) is 0 Å². The van der Waals surface area contributed by atoms with E-state index >= 15 is 0 Å². The summed E-state index contributed by atoms with van der Waals surface area (Å²) >= 11 is 1.95. The minimum atomic E-state index is 0.241. The maximum absolute atomic E-state index is 5.29. The molecule has 1 saturated heterocycles. The molecule has 2 atom stereocenters. The van der Waals surface area contributed by atoms with Gasteiger partial charge in [0, 0.05) is 20.2 Å². The smallest absolute Gasteiger partial charge is 0.110 e. The van der Waals surface area contributed by atoms with E-state index in [4.69, 9.17) is 7.80 Å². The quantitative estimate of drug-likeness (QED) is 0.701. The number of hydrogen-bond donors (Lipinski definition) is 0. The third-order valence-electron chi connectivity index (χ3n) is 2.12. The Morgan fingerprint density at radius 2 is 2.18 bits per heavy atom. The average molecular weight is 271 g/mol. The van der Waals surface area contributed by atoms with Crippen molar-refractivity contribution in [1.29, 1.82) is 0 Å². The number of piperidine rings is 1. The van der Waals surface area contributed by atoms with Gasteiger partial charge in [-0.15, -0.1) is 0 Å². The third kappa shape index (κ3) is 2.54. The normalized spacial score (nSPS) is 34.1. The lowest BCUT2D eigenvalue weighted by Crippen LogP contribution is -2.46. The van der Waals surface area contributed by atoms with Crippen molar-refractivity contribution in [3.05, 3.63) is 0 Å². The fraction of sp³-hybridized carbons (Fsp3) is 1.00. The topological polar surface area (TPSA) is 21.7 Å². The summed E-state index contributed by atoms with van der Waals surface area (Å²) in [6.45, 7) is 2.08. The molecule has 0 N–H and O–H groups in total. The zero-order valence-corrected chi connectivity index (χ0v) is 9.08. The summed E-state index contributed by atoms with van der Waals surface area (Å²) in [5, 5.41) is 0. The summed E-state index contributed by atoms with van der Waals surface area (Å²) in [5.41, 5.74) is 0. The maximum Gasteiger partial charge on any atom is 0.110 e. The van der Waals surface area contributed by atoms with Gasteiger partial charge < -0.3 is 12.7 Å². The van der Waals surface area contributed by atoms with Crippen molar-refractivity contribution in [2.75, 3.05) is 27.2 Å². The largest absolute Gasteiger partial charge is 0.377 e. The van der Waals surface area contributed by atoms with Crippen LogP contribution in [0.5, 0.6) is 0 Å². The molecule has 1 aliphatic rings. The number of methoxy groups -OCH3 is 1. The van der Waals surface area contributed by atoms with E-state index in [1.165, 1.54) is 0 Å². The summed E-state index contributed by atoms with van der Waals surface area (Å²) in [6.07, 6.45) is 1.58. The van der Waals surface area contributed by atoms with E-state index in [2.05, 4.69) is 11.9 Å². The summed E-state index contributed by atoms with van der Waals surface area (Å²) in [6, 6.07) is 0. The van der Waals surface area contributed by atoms with Crippen molar-refractivity contribution in [2.45, 2.75) is 18.6 Å². The minimum Gasteiger partial charge on any atom is -0.377 e. The highest BCUT2D eigenvalue weighted by atomic mass is 127. The number of ether oxygens (including phenoxy) is 1. The molecule has 0 aromatic rings. The van der Waals surface area contributed by atoms with Crippen molar-refractivity contribution < 1.29 is 7.80 Å². The number of halogens is 1. The van der Waals surface area contributed by atoms with Gasteiger partial charge in [0.15, 0.2) is 0 Å². The molecule has 1 fully saturated rings. The van der Waals surface area contributed by atoms with Crippen LogP contribution >= 0.6 is 23.0 Å². The van der Waals surface area contributed by atoms with E-state index in [0.29, 0.717) is 0 Å². The summed E-state index contributed by atoms with van der Waals surface area (Å²) < 4.78 is 10.6. The highest BCUT2D eigenvalue weighted by Gasteiger charge is 2.27. The first-order chi connectivity index (χ1) is 5.27. The lowest BCUT2D eigenvalue weighted by atomic mass is 10.1. The van der Waals surface area contributed by atoms with Gasteiger partial charge >= 0.3 is 0 Å². The van der Waals surface area contributed by atoms with Crippen LogP contribution in [0, 0.1) is 0 Å². The molecule has 1 aliphatic heterocycles. The van der Waals surface area contributed by atoms with E-state index in [1.54, 1.807) is 7.11 Å². The first-order valence-corrected chi connectivity index (χ1v) is 4.64. The van der Waals surface area contributed by atoms with E-state index in [0.717, 1.165) is 19.5 Å². The summed E-state index contributed by atoms with van der Waals surface area (Å²) in [5.74, 6) is 0. The van der Waals surface area contributed by atoms with Crippen LogP contribution in [0.4, 0.5) is 0 Å². The molecule has 1 rings (SSSR count). The maximum atomic E-state index is 5.29. The minimum absolute atomic E-state index is 0.241. The molecule has 11 heavy (non-hydrogen) atoms. The molecule has 0 spiro atoms. The fourth-order valence-corrected chi connectivity index (χ4v) is 1.96. The van der Waals surface area contributed by atoms with Crippen molar-refractivity contribution >= 4 is 23.0 Å². The summed E-state index contributed by atoms with van der Waals surface area (Å²) in [4.78, 5) is 2.26. The zero-order chi connectivity index (χ0) is 8.27. The lowest BCUT2D eigenvalue weighted by molar-refractivity contribution is -0.0279. The number of hydrogen-bond acceptors (Lipinski definition) is 3. The molecule has 0 aliphatic carbocycles. The van der Waals surface area contributed by atoms with Crippen LogP contribution in [0.2, 0.25) is 0 Å². The Hall–Kier alpha value is 0.610. The Bertz CT molecular complexity index is 123. The molecule has 0 bridgehead atoms. The Labute approximate surface area is 81.7 Å². The zero-order valence-electron chi connectivity index (χ0n) is 6.92. The van der Waals surface area contributed by atoms with E-state index in [1.807, 2.05) is 23.0 Å². The Morgan fingerprint density at radius 1 is 1.45 bits per heavy atom. The Kier molecular flexibility index (Phi) is 4.05. The molecule has 3 nitrogen and oxygen atoms in total. The number of likely N-dealkylation sites (tertiary alicyclic amines) is 1. The molecule has 2 unspecified atom stereocenters. The molecule has 0 saturated carbocycles. The van der Waals surface area contributed by atoms with Gasteiger partial charge in [-0.05, 0) is 13.5 Å². The van der Waals surface area contributed by atoms with Gasteiger partial charge in [-0.2, -0.15) is 0 Å². The SMILES string of the molecule is COC1CN(C)CCC1OI. The second-order valence-corrected chi connectivity index (χ2v) is 3.46. The van der Waals surface area contributed by atoms with Crippen LogP contribution in [-0.2, 0) is 7.80 Å². The first kappa shape index (κ1) is 9.70. The number of likely N-dealkylation sites (N-methyl/N-ethyl adjacent to an activating group) is 1. The molecule has 0 aromatic heterocycles. The van der Waals surface area contributed by atoms with Gasteiger partial charge in [-0.1, -0.05) is 0 Å². The van der Waals surface area contributed by atoms with E-state index < -0.39 is 0 Å². The number of nitrogens with zero attached hydrogens (tertiary/aromatic N) is 1. The average Bonchev–Trinajstić information content (AvgIpc) is 2.04. The number of rotatable bonds is 2. The van der Waals surface area contributed by atoms with Crippen molar-refractivity contribution in [1.82, 2.24) is 4.90 Å². The van der Waals surface area contributed by atoms with Gasteiger partial charge in [-0.3, -0.25) is 0 Å². The molecular weight excluding hydrogens is 257 g/mol. The van der Waals surface area contributed by atoms with Gasteiger partial charge in [-0.25, -0.2) is 0 Å². The monoisotopic (exact) mass is 271 g/mol. The molecule has 0 amide bonds. The van der Waals surface area contributed by atoms with Crippen LogP contribution in [0.25, 0.3) is 0 Å². The van der Waals surface area contributed by atoms with Crippen molar-refractivity contribution in [2.24, 2.45) is 0 Å². The second kappa shape index (κ2) is 4.59. The second-order valence-electron chi connectivity index (χ2n) is 2.95. The highest BCUT2D eigenvalue weighted by Crippen LogP contribution is 2.17. The summed E-state index contributed by atoms with van der Waals surface area (Å²) in [7, 11) is 3.85. The highest BCUT2D eigenvalue weighted by molar-refractivity contribution is 14.1. The molecule has 1 heterocycles. The lowest BCUT2D eigenvalue weighted by Gasteiger charge is -2.33. The van der Waals surface area contributed by atoms with E-state index in [9.17, 15) is 0 Å². The fourth-order valence-electron chi connectivity index (χ4n) is 1.38. The molecule has 66 valence electrons. The van der Waals surface area contributed by atoms with Crippen LogP contribution in [0.1, 0.15) is 6.42 Å².